The molecule has 0 aliphatic carbocycles. The first kappa shape index (κ1) is 27.5. The number of ether oxygens (including phenoxy) is 2. The number of aryl methyl sites for hydroxylation is 1. The van der Waals surface area contributed by atoms with E-state index >= 15 is 0 Å². The smallest absolute Gasteiger partial charge is 0.406 e. The summed E-state index contributed by atoms with van der Waals surface area (Å²) in [4.78, 5) is 31.1. The van der Waals surface area contributed by atoms with E-state index < -0.39 is 30.5 Å². The average Bonchev–Trinajstić information content (AvgIpc) is 3.29. The van der Waals surface area contributed by atoms with Crippen LogP contribution in [0.15, 0.2) is 54.7 Å². The first-order valence-corrected chi connectivity index (χ1v) is 13.3. The number of nitrogens with zero attached hydrogens (tertiary/aromatic N) is 3. The van der Waals surface area contributed by atoms with Gasteiger partial charge in [0, 0.05) is 32.3 Å². The molecular formula is C29H31F3N4O4. The Balaban J connectivity index is 1.25. The maximum Gasteiger partial charge on any atom is 0.406 e. The van der Waals surface area contributed by atoms with E-state index in [1.165, 1.54) is 0 Å². The number of rotatable bonds is 9. The molecule has 40 heavy (non-hydrogen) atoms. The second kappa shape index (κ2) is 12.0. The normalized spacial score (nSPS) is 16.9. The molecule has 0 fully saturated rings. The van der Waals surface area contributed by atoms with Crippen molar-refractivity contribution in [2.75, 3.05) is 25.0 Å². The van der Waals surface area contributed by atoms with Crippen molar-refractivity contribution in [3.63, 3.8) is 0 Å². The van der Waals surface area contributed by atoms with Crippen LogP contribution in [0.2, 0.25) is 0 Å². The molecule has 0 unspecified atom stereocenters. The van der Waals surface area contributed by atoms with E-state index in [2.05, 4.69) is 14.9 Å². The molecular weight excluding hydrogens is 525 g/mol. The number of halogens is 3. The van der Waals surface area contributed by atoms with Crippen LogP contribution in [0, 0.1) is 5.92 Å². The lowest BCUT2D eigenvalue weighted by atomic mass is 9.94. The number of anilines is 1. The number of fused-ring (bicyclic) bond motifs is 2. The minimum atomic E-state index is -4.58. The highest BCUT2D eigenvalue weighted by Gasteiger charge is 2.38. The van der Waals surface area contributed by atoms with Gasteiger partial charge in [0.2, 0.25) is 11.9 Å². The number of amides is 1. The number of aromatic nitrogens is 2. The number of carbonyl (C=O) groups excluding carboxylic acids is 2. The number of carbonyl (C=O) groups is 2. The van der Waals surface area contributed by atoms with Crippen molar-refractivity contribution in [2.45, 2.75) is 51.6 Å². The molecule has 2 aliphatic heterocycles. The van der Waals surface area contributed by atoms with Crippen molar-refractivity contribution < 1.29 is 32.2 Å². The zero-order chi connectivity index (χ0) is 28.1. The molecule has 0 radical (unpaired) electrons. The highest BCUT2D eigenvalue weighted by atomic mass is 19.4. The van der Waals surface area contributed by atoms with Gasteiger partial charge in [-0.25, -0.2) is 4.98 Å². The Morgan fingerprint density at radius 1 is 1.12 bits per heavy atom. The number of hydrogen-bond donors (Lipinski definition) is 1. The summed E-state index contributed by atoms with van der Waals surface area (Å²) in [6.45, 7) is 0.564. The van der Waals surface area contributed by atoms with Crippen LogP contribution in [0.1, 0.15) is 35.2 Å². The predicted octanol–water partition coefficient (Wildman–Crippen LogP) is 4.52. The predicted molar refractivity (Wildman–Crippen MR) is 140 cm³/mol. The summed E-state index contributed by atoms with van der Waals surface area (Å²) in [6, 6.07) is 14.2. The Morgan fingerprint density at radius 3 is 2.73 bits per heavy atom. The molecule has 0 bridgehead atoms. The molecule has 11 heteroatoms. The molecule has 2 aliphatic rings. The second-order valence-corrected chi connectivity index (χ2v) is 10.1. The van der Waals surface area contributed by atoms with Gasteiger partial charge in [0.1, 0.15) is 18.9 Å². The van der Waals surface area contributed by atoms with Gasteiger partial charge in [-0.1, -0.05) is 36.4 Å². The van der Waals surface area contributed by atoms with E-state index in [1.54, 1.807) is 30.3 Å². The lowest BCUT2D eigenvalue weighted by Gasteiger charge is -2.25. The average molecular weight is 557 g/mol. The minimum absolute atomic E-state index is 0.0300. The Hall–Kier alpha value is -4.02. The van der Waals surface area contributed by atoms with Gasteiger partial charge < -0.3 is 24.3 Å². The molecule has 1 amide bonds. The van der Waals surface area contributed by atoms with Gasteiger partial charge in [-0.3, -0.25) is 9.59 Å². The molecule has 2 aromatic carbocycles. The molecule has 1 N–H and O–H groups in total. The summed E-state index contributed by atoms with van der Waals surface area (Å²) < 4.78 is 53.5. The lowest BCUT2D eigenvalue weighted by molar-refractivity contribution is -0.166. The molecule has 212 valence electrons. The van der Waals surface area contributed by atoms with Crippen LogP contribution < -0.4 is 10.1 Å². The number of nitrogens with one attached hydrogen (secondary N) is 1. The van der Waals surface area contributed by atoms with Crippen molar-refractivity contribution >= 4 is 17.8 Å². The van der Waals surface area contributed by atoms with Crippen molar-refractivity contribution in [1.82, 2.24) is 14.5 Å². The Kier molecular flexibility index (Phi) is 8.27. The number of hydrogen-bond acceptors (Lipinski definition) is 6. The molecule has 1 atom stereocenters. The molecule has 5 rings (SSSR count). The van der Waals surface area contributed by atoms with E-state index in [4.69, 9.17) is 9.47 Å². The maximum absolute atomic E-state index is 13.4. The third-order valence-corrected chi connectivity index (χ3v) is 7.00. The van der Waals surface area contributed by atoms with Gasteiger partial charge in [0.15, 0.2) is 0 Å². The standard InChI is InChI=1S/C29H31F3N4O4/c30-29(31,32)19-36-16-23-14-25(39-12-9-24-17-35-11-4-10-33-28(35)34-24)8-7-21(23)13-22(27(36)38)15-26(37)40-18-20-5-2-1-3-6-20/h1-3,5-8,14,17,22H,4,9-13,15-16,18-19H2,(H,33,34)/t22-/m0/s1. The molecule has 0 saturated carbocycles. The molecule has 3 aromatic rings. The third kappa shape index (κ3) is 7.13. The Labute approximate surface area is 230 Å². The summed E-state index contributed by atoms with van der Waals surface area (Å²) in [6.07, 6.45) is -1.14. The summed E-state index contributed by atoms with van der Waals surface area (Å²) in [5, 5.41) is 3.25. The van der Waals surface area contributed by atoms with Crippen LogP contribution in [0.5, 0.6) is 5.75 Å². The highest BCUT2D eigenvalue weighted by molar-refractivity contribution is 5.84. The first-order valence-electron chi connectivity index (χ1n) is 13.3. The first-order chi connectivity index (χ1) is 19.2. The second-order valence-electron chi connectivity index (χ2n) is 10.1. The van der Waals surface area contributed by atoms with Gasteiger partial charge in [-0.05, 0) is 41.7 Å². The van der Waals surface area contributed by atoms with Crippen molar-refractivity contribution in [1.29, 1.82) is 0 Å². The van der Waals surface area contributed by atoms with Gasteiger partial charge in [-0.15, -0.1) is 0 Å². The number of imidazole rings is 1. The van der Waals surface area contributed by atoms with E-state index in [-0.39, 0.29) is 26.0 Å². The van der Waals surface area contributed by atoms with Crippen LogP contribution >= 0.6 is 0 Å². The SMILES string of the molecule is O=C(C[C@@H]1Cc2ccc(OCCc3cn4c(n3)NCCC4)cc2CN(CC(F)(F)F)C1=O)OCc1ccccc1. The zero-order valence-electron chi connectivity index (χ0n) is 22.0. The zero-order valence-corrected chi connectivity index (χ0v) is 22.0. The highest BCUT2D eigenvalue weighted by Crippen LogP contribution is 2.30. The Morgan fingerprint density at radius 2 is 1.95 bits per heavy atom. The Bertz CT molecular complexity index is 1320. The summed E-state index contributed by atoms with van der Waals surface area (Å²) in [5.74, 6) is -0.960. The summed E-state index contributed by atoms with van der Waals surface area (Å²) >= 11 is 0. The maximum atomic E-state index is 13.4. The summed E-state index contributed by atoms with van der Waals surface area (Å²) in [5.41, 5.74) is 2.95. The fourth-order valence-electron chi connectivity index (χ4n) is 5.07. The number of benzene rings is 2. The van der Waals surface area contributed by atoms with Gasteiger partial charge >= 0.3 is 12.1 Å². The van der Waals surface area contributed by atoms with Crippen molar-refractivity contribution in [2.24, 2.45) is 5.92 Å². The molecule has 8 nitrogen and oxygen atoms in total. The number of alkyl halides is 3. The van der Waals surface area contributed by atoms with E-state index in [0.717, 1.165) is 41.6 Å². The van der Waals surface area contributed by atoms with Gasteiger partial charge in [-0.2, -0.15) is 13.2 Å². The van der Waals surface area contributed by atoms with E-state index in [1.807, 2.05) is 24.4 Å². The topological polar surface area (TPSA) is 85.7 Å². The van der Waals surface area contributed by atoms with Crippen LogP contribution in [0.4, 0.5) is 19.1 Å². The van der Waals surface area contributed by atoms with Crippen LogP contribution in [0.25, 0.3) is 0 Å². The molecule has 1 aromatic heterocycles. The van der Waals surface area contributed by atoms with Crippen LogP contribution in [-0.4, -0.2) is 52.2 Å². The fourth-order valence-corrected chi connectivity index (χ4v) is 5.07. The quantitative estimate of drug-likeness (QED) is 0.391. The molecule has 0 spiro atoms. The largest absolute Gasteiger partial charge is 0.493 e. The molecule has 0 saturated heterocycles. The minimum Gasteiger partial charge on any atom is -0.493 e. The van der Waals surface area contributed by atoms with E-state index in [9.17, 15) is 22.8 Å². The fraction of sp³-hybridized carbons (Fsp3) is 0.414. The van der Waals surface area contributed by atoms with Crippen molar-refractivity contribution in [3.8, 4) is 5.75 Å². The van der Waals surface area contributed by atoms with Gasteiger partial charge in [0.05, 0.1) is 24.6 Å². The number of esters is 1. The molecule has 3 heterocycles. The monoisotopic (exact) mass is 556 g/mol. The summed E-state index contributed by atoms with van der Waals surface area (Å²) in [7, 11) is 0. The van der Waals surface area contributed by atoms with Crippen LogP contribution in [-0.2, 0) is 46.9 Å². The van der Waals surface area contributed by atoms with Gasteiger partial charge in [0.25, 0.3) is 0 Å². The van der Waals surface area contributed by atoms with Crippen LogP contribution in [0.3, 0.4) is 0 Å². The third-order valence-electron chi connectivity index (χ3n) is 7.00. The lowest BCUT2D eigenvalue weighted by Crippen LogP contribution is -2.41. The van der Waals surface area contributed by atoms with Crippen molar-refractivity contribution in [3.05, 3.63) is 77.1 Å². The van der Waals surface area contributed by atoms with E-state index in [0.29, 0.717) is 29.9 Å².